The molecule has 1 aromatic carbocycles. The van der Waals surface area contributed by atoms with Gasteiger partial charge in [-0.15, -0.1) is 0 Å². The lowest BCUT2D eigenvalue weighted by Gasteiger charge is -2.28. The molecule has 132 valence electrons. The Morgan fingerprint density at radius 3 is 2.56 bits per heavy atom. The average molecular weight is 340 g/mol. The molecule has 0 aliphatic carbocycles. The average Bonchev–Trinajstić information content (AvgIpc) is 3.22. The molecule has 1 aromatic heterocycles. The Morgan fingerprint density at radius 1 is 1.20 bits per heavy atom. The third-order valence-corrected chi connectivity index (χ3v) is 5.20. The molecule has 2 fully saturated rings. The number of fused-ring (bicyclic) bond motifs is 2. The fourth-order valence-corrected chi connectivity index (χ4v) is 4.03. The summed E-state index contributed by atoms with van der Waals surface area (Å²) >= 11 is 0. The molecule has 7 nitrogen and oxygen atoms in total. The number of aromatic nitrogens is 3. The number of piperidine rings is 1. The molecule has 25 heavy (non-hydrogen) atoms. The van der Waals surface area contributed by atoms with Crippen molar-refractivity contribution in [2.75, 3.05) is 5.32 Å². The van der Waals surface area contributed by atoms with E-state index in [0.29, 0.717) is 42.6 Å². The summed E-state index contributed by atoms with van der Waals surface area (Å²) in [7, 11) is 0. The maximum atomic E-state index is 12.3. The first-order valence-corrected chi connectivity index (χ1v) is 8.97. The zero-order valence-electron chi connectivity index (χ0n) is 14.2. The first-order chi connectivity index (χ1) is 12.2. The molecule has 2 aliphatic heterocycles. The SMILES string of the molecule is NCc1nc(-c2ccc(NC(=O)CC3CC4CCC(C3)N4)cc2)n[nH]1. The molecule has 2 atom stereocenters. The van der Waals surface area contributed by atoms with Gasteiger partial charge >= 0.3 is 0 Å². The Hall–Kier alpha value is -2.25. The van der Waals surface area contributed by atoms with Crippen molar-refractivity contribution >= 4 is 11.6 Å². The van der Waals surface area contributed by atoms with Crippen LogP contribution >= 0.6 is 0 Å². The lowest BCUT2D eigenvalue weighted by molar-refractivity contribution is -0.117. The van der Waals surface area contributed by atoms with E-state index in [0.717, 1.165) is 24.1 Å². The van der Waals surface area contributed by atoms with Gasteiger partial charge in [0.15, 0.2) is 5.82 Å². The second kappa shape index (κ2) is 6.93. The molecule has 2 aliphatic rings. The Kier molecular flexibility index (Phi) is 4.50. The predicted molar refractivity (Wildman–Crippen MR) is 95.6 cm³/mol. The molecule has 2 unspecified atom stereocenters. The van der Waals surface area contributed by atoms with Crippen molar-refractivity contribution in [1.82, 2.24) is 20.5 Å². The minimum atomic E-state index is 0.0994. The summed E-state index contributed by atoms with van der Waals surface area (Å²) < 4.78 is 0. The first kappa shape index (κ1) is 16.2. The molecule has 7 heteroatoms. The highest BCUT2D eigenvalue weighted by Gasteiger charge is 2.34. The first-order valence-electron chi connectivity index (χ1n) is 8.97. The number of anilines is 1. The summed E-state index contributed by atoms with van der Waals surface area (Å²) in [5.74, 6) is 1.87. The standard InChI is InChI=1S/C18H24N6O/c19-10-16-22-18(24-23-16)12-1-3-13(4-2-12)21-17(25)9-11-7-14-5-6-15(8-11)20-14/h1-4,11,14-15,20H,5-10,19H2,(H,21,25)(H,22,23,24). The zero-order chi connectivity index (χ0) is 17.2. The predicted octanol–water partition coefficient (Wildman–Crippen LogP) is 1.79. The smallest absolute Gasteiger partial charge is 0.224 e. The number of hydrogen-bond donors (Lipinski definition) is 4. The summed E-state index contributed by atoms with van der Waals surface area (Å²) in [5, 5.41) is 13.6. The monoisotopic (exact) mass is 340 g/mol. The fourth-order valence-electron chi connectivity index (χ4n) is 4.03. The molecule has 2 aromatic rings. The van der Waals surface area contributed by atoms with Gasteiger partial charge in [0.05, 0.1) is 6.54 Å². The van der Waals surface area contributed by atoms with Crippen LogP contribution in [0.3, 0.4) is 0 Å². The third-order valence-electron chi connectivity index (χ3n) is 5.20. The maximum absolute atomic E-state index is 12.3. The molecule has 0 radical (unpaired) electrons. The van der Waals surface area contributed by atoms with Crippen LogP contribution in [-0.2, 0) is 11.3 Å². The number of nitrogens with zero attached hydrogens (tertiary/aromatic N) is 2. The Balaban J connectivity index is 1.33. The van der Waals surface area contributed by atoms with Crippen molar-refractivity contribution in [3.63, 3.8) is 0 Å². The maximum Gasteiger partial charge on any atom is 0.224 e. The highest BCUT2D eigenvalue weighted by molar-refractivity contribution is 5.91. The lowest BCUT2D eigenvalue weighted by atomic mass is 9.89. The van der Waals surface area contributed by atoms with Crippen molar-refractivity contribution in [3.05, 3.63) is 30.1 Å². The topological polar surface area (TPSA) is 109 Å². The van der Waals surface area contributed by atoms with Crippen LogP contribution in [0.2, 0.25) is 0 Å². The van der Waals surface area contributed by atoms with E-state index in [4.69, 9.17) is 5.73 Å². The van der Waals surface area contributed by atoms with Gasteiger partial charge in [-0.05, 0) is 55.9 Å². The van der Waals surface area contributed by atoms with Gasteiger partial charge in [0, 0.05) is 29.8 Å². The Morgan fingerprint density at radius 2 is 1.92 bits per heavy atom. The number of H-pyrrole nitrogens is 1. The number of carbonyl (C=O) groups is 1. The van der Waals surface area contributed by atoms with Gasteiger partial charge in [0.1, 0.15) is 5.82 Å². The van der Waals surface area contributed by atoms with E-state index in [2.05, 4.69) is 25.8 Å². The number of aromatic amines is 1. The van der Waals surface area contributed by atoms with E-state index in [1.54, 1.807) is 0 Å². The summed E-state index contributed by atoms with van der Waals surface area (Å²) in [5.41, 5.74) is 7.23. The van der Waals surface area contributed by atoms with E-state index in [9.17, 15) is 4.79 Å². The molecule has 1 amide bonds. The Labute approximate surface area is 146 Å². The molecule has 4 rings (SSSR count). The number of amides is 1. The third kappa shape index (κ3) is 3.72. The van der Waals surface area contributed by atoms with Crippen LogP contribution in [0.1, 0.15) is 37.9 Å². The minimum absolute atomic E-state index is 0.0994. The summed E-state index contributed by atoms with van der Waals surface area (Å²) in [6.07, 6.45) is 5.38. The van der Waals surface area contributed by atoms with Gasteiger partial charge in [-0.25, -0.2) is 4.98 Å². The van der Waals surface area contributed by atoms with Crippen molar-refractivity contribution in [3.8, 4) is 11.4 Å². The quantitative estimate of drug-likeness (QED) is 0.663. The van der Waals surface area contributed by atoms with Crippen LogP contribution in [0.15, 0.2) is 24.3 Å². The molecule has 2 bridgehead atoms. The molecule has 0 saturated carbocycles. The van der Waals surface area contributed by atoms with Crippen LogP contribution in [0.25, 0.3) is 11.4 Å². The summed E-state index contributed by atoms with van der Waals surface area (Å²) in [4.78, 5) is 16.6. The van der Waals surface area contributed by atoms with Crippen LogP contribution in [-0.4, -0.2) is 33.2 Å². The van der Waals surface area contributed by atoms with Crippen LogP contribution < -0.4 is 16.4 Å². The van der Waals surface area contributed by atoms with Gasteiger partial charge < -0.3 is 16.4 Å². The number of hydrogen-bond acceptors (Lipinski definition) is 5. The van der Waals surface area contributed by atoms with E-state index < -0.39 is 0 Å². The van der Waals surface area contributed by atoms with E-state index in [1.165, 1.54) is 12.8 Å². The van der Waals surface area contributed by atoms with Crippen LogP contribution in [0.4, 0.5) is 5.69 Å². The fraction of sp³-hybridized carbons (Fsp3) is 0.500. The van der Waals surface area contributed by atoms with Crippen LogP contribution in [0, 0.1) is 5.92 Å². The van der Waals surface area contributed by atoms with Crippen molar-refractivity contribution in [2.24, 2.45) is 11.7 Å². The highest BCUT2D eigenvalue weighted by atomic mass is 16.1. The molecule has 2 saturated heterocycles. The van der Waals surface area contributed by atoms with Gasteiger partial charge in [0.25, 0.3) is 0 Å². The Bertz CT molecular complexity index is 728. The normalized spacial score (nSPS) is 25.1. The van der Waals surface area contributed by atoms with E-state index in [-0.39, 0.29) is 5.91 Å². The number of nitrogens with one attached hydrogen (secondary N) is 3. The minimum Gasteiger partial charge on any atom is -0.326 e. The van der Waals surface area contributed by atoms with Gasteiger partial charge in [-0.3, -0.25) is 9.89 Å². The second-order valence-electron chi connectivity index (χ2n) is 7.11. The molecular formula is C18H24N6O. The molecule has 3 heterocycles. The number of nitrogens with two attached hydrogens (primary N) is 1. The second-order valence-corrected chi connectivity index (χ2v) is 7.11. The lowest BCUT2D eigenvalue weighted by Crippen LogP contribution is -2.39. The molecular weight excluding hydrogens is 316 g/mol. The zero-order valence-corrected chi connectivity index (χ0v) is 14.2. The summed E-state index contributed by atoms with van der Waals surface area (Å²) in [6.45, 7) is 0.333. The van der Waals surface area contributed by atoms with Crippen molar-refractivity contribution in [1.29, 1.82) is 0 Å². The van der Waals surface area contributed by atoms with Gasteiger partial charge in [0.2, 0.25) is 5.91 Å². The van der Waals surface area contributed by atoms with Gasteiger partial charge in [-0.2, -0.15) is 5.10 Å². The summed E-state index contributed by atoms with van der Waals surface area (Å²) in [6, 6.07) is 8.83. The molecule has 5 N–H and O–H groups in total. The van der Waals surface area contributed by atoms with E-state index >= 15 is 0 Å². The number of carbonyl (C=O) groups excluding carboxylic acids is 1. The largest absolute Gasteiger partial charge is 0.326 e. The highest BCUT2D eigenvalue weighted by Crippen LogP contribution is 2.32. The van der Waals surface area contributed by atoms with E-state index in [1.807, 2.05) is 24.3 Å². The number of rotatable bonds is 5. The van der Waals surface area contributed by atoms with Crippen molar-refractivity contribution < 1.29 is 4.79 Å². The van der Waals surface area contributed by atoms with Crippen molar-refractivity contribution in [2.45, 2.75) is 50.7 Å². The molecule has 0 spiro atoms. The number of benzene rings is 1. The van der Waals surface area contributed by atoms with Crippen LogP contribution in [0.5, 0.6) is 0 Å². The van der Waals surface area contributed by atoms with Gasteiger partial charge in [-0.1, -0.05) is 0 Å².